The summed E-state index contributed by atoms with van der Waals surface area (Å²) in [5.41, 5.74) is 3.33. The molecule has 148 valence electrons. The van der Waals surface area contributed by atoms with Crippen LogP contribution in [0, 0.1) is 6.92 Å². The van der Waals surface area contributed by atoms with Gasteiger partial charge in [0.15, 0.2) is 0 Å². The van der Waals surface area contributed by atoms with Crippen molar-refractivity contribution in [3.63, 3.8) is 0 Å². The minimum Gasteiger partial charge on any atom is -0.352 e. The minimum absolute atomic E-state index is 0.0892. The molecule has 0 saturated heterocycles. The molecule has 1 heterocycles. The van der Waals surface area contributed by atoms with Gasteiger partial charge in [-0.3, -0.25) is 14.2 Å². The topological polar surface area (TPSA) is 64.0 Å². The molecule has 1 amide bonds. The standard InChI is InChI=1S/C24H25N3O2/c1-17-26-22-10-6-5-9-21(22)24(29)27(17)20-13-11-19(12-14-20)23(28)25-16-15-18-7-3-2-4-8-18/h5-7,9-14H,2-4,8,15-16H2,1H3,(H,25,28). The molecule has 29 heavy (non-hydrogen) atoms. The summed E-state index contributed by atoms with van der Waals surface area (Å²) in [6.07, 6.45) is 8.07. The average molecular weight is 387 g/mol. The van der Waals surface area contributed by atoms with E-state index in [1.54, 1.807) is 34.9 Å². The number of allylic oxidation sites excluding steroid dienone is 1. The number of nitrogens with zero attached hydrogens (tertiary/aromatic N) is 2. The molecular formula is C24H25N3O2. The molecule has 0 bridgehead atoms. The van der Waals surface area contributed by atoms with Gasteiger partial charge in [-0.25, -0.2) is 4.98 Å². The number of rotatable bonds is 5. The number of para-hydroxylation sites is 1. The van der Waals surface area contributed by atoms with E-state index in [2.05, 4.69) is 16.4 Å². The number of hydrogen-bond acceptors (Lipinski definition) is 3. The van der Waals surface area contributed by atoms with Crippen LogP contribution < -0.4 is 10.9 Å². The summed E-state index contributed by atoms with van der Waals surface area (Å²) in [6, 6.07) is 14.4. The van der Waals surface area contributed by atoms with Gasteiger partial charge in [-0.15, -0.1) is 0 Å². The second kappa shape index (κ2) is 8.43. The van der Waals surface area contributed by atoms with E-state index in [0.29, 0.717) is 34.5 Å². The number of carbonyl (C=O) groups excluding carboxylic acids is 1. The van der Waals surface area contributed by atoms with Crippen molar-refractivity contribution in [3.8, 4) is 5.69 Å². The summed E-state index contributed by atoms with van der Waals surface area (Å²) in [7, 11) is 0. The predicted octanol–water partition coefficient (Wildman–Crippen LogP) is 4.31. The number of nitrogens with one attached hydrogen (secondary N) is 1. The summed E-state index contributed by atoms with van der Waals surface area (Å²) in [6.45, 7) is 2.47. The van der Waals surface area contributed by atoms with Gasteiger partial charge in [-0.05, 0) is 75.4 Å². The van der Waals surface area contributed by atoms with Crippen LogP contribution in [0.4, 0.5) is 0 Å². The van der Waals surface area contributed by atoms with Gasteiger partial charge in [0.05, 0.1) is 16.6 Å². The van der Waals surface area contributed by atoms with Crippen LogP contribution in [0.2, 0.25) is 0 Å². The van der Waals surface area contributed by atoms with Crippen molar-refractivity contribution in [2.24, 2.45) is 0 Å². The Balaban J connectivity index is 1.49. The zero-order chi connectivity index (χ0) is 20.2. The van der Waals surface area contributed by atoms with Crippen molar-refractivity contribution in [1.29, 1.82) is 0 Å². The van der Waals surface area contributed by atoms with Gasteiger partial charge in [0, 0.05) is 12.1 Å². The first-order valence-corrected chi connectivity index (χ1v) is 10.2. The maximum Gasteiger partial charge on any atom is 0.265 e. The zero-order valence-electron chi connectivity index (χ0n) is 16.6. The normalized spacial score (nSPS) is 13.9. The highest BCUT2D eigenvalue weighted by Crippen LogP contribution is 2.19. The molecule has 0 radical (unpaired) electrons. The number of amides is 1. The third-order valence-corrected chi connectivity index (χ3v) is 5.45. The van der Waals surface area contributed by atoms with E-state index >= 15 is 0 Å². The lowest BCUT2D eigenvalue weighted by Crippen LogP contribution is -2.25. The van der Waals surface area contributed by atoms with Crippen molar-refractivity contribution < 1.29 is 4.79 Å². The molecule has 2 aromatic carbocycles. The van der Waals surface area contributed by atoms with Crippen LogP contribution in [0.3, 0.4) is 0 Å². The first-order valence-electron chi connectivity index (χ1n) is 10.2. The highest BCUT2D eigenvalue weighted by atomic mass is 16.1. The smallest absolute Gasteiger partial charge is 0.265 e. The third kappa shape index (κ3) is 4.14. The lowest BCUT2D eigenvalue weighted by atomic mass is 9.97. The van der Waals surface area contributed by atoms with E-state index in [1.165, 1.54) is 18.4 Å². The molecule has 5 nitrogen and oxygen atoms in total. The van der Waals surface area contributed by atoms with Gasteiger partial charge >= 0.3 is 0 Å². The van der Waals surface area contributed by atoms with Gasteiger partial charge in [0.2, 0.25) is 0 Å². The Morgan fingerprint density at radius 2 is 1.90 bits per heavy atom. The molecule has 0 saturated carbocycles. The SMILES string of the molecule is Cc1nc2ccccc2c(=O)n1-c1ccc(C(=O)NCCC2=CCCCC2)cc1. The Morgan fingerprint density at radius 1 is 1.10 bits per heavy atom. The van der Waals surface area contributed by atoms with Gasteiger partial charge in [-0.1, -0.05) is 23.8 Å². The van der Waals surface area contributed by atoms with E-state index in [1.807, 2.05) is 25.1 Å². The lowest BCUT2D eigenvalue weighted by molar-refractivity contribution is 0.0954. The molecule has 0 aliphatic heterocycles. The average Bonchev–Trinajstić information content (AvgIpc) is 2.75. The van der Waals surface area contributed by atoms with Gasteiger partial charge < -0.3 is 5.32 Å². The molecule has 0 atom stereocenters. The summed E-state index contributed by atoms with van der Waals surface area (Å²) < 4.78 is 1.58. The van der Waals surface area contributed by atoms with E-state index in [9.17, 15) is 9.59 Å². The molecule has 0 spiro atoms. The van der Waals surface area contributed by atoms with Gasteiger partial charge in [-0.2, -0.15) is 0 Å². The maximum absolute atomic E-state index is 12.9. The van der Waals surface area contributed by atoms with Crippen molar-refractivity contribution >= 4 is 16.8 Å². The molecule has 0 unspecified atom stereocenters. The first-order chi connectivity index (χ1) is 14.1. The fourth-order valence-corrected chi connectivity index (χ4v) is 3.88. The van der Waals surface area contributed by atoms with E-state index in [0.717, 1.165) is 19.3 Å². The number of fused-ring (bicyclic) bond motifs is 1. The molecule has 4 rings (SSSR count). The van der Waals surface area contributed by atoms with E-state index in [-0.39, 0.29) is 11.5 Å². The van der Waals surface area contributed by atoms with Crippen molar-refractivity contribution in [2.45, 2.75) is 39.0 Å². The molecule has 1 aliphatic carbocycles. The number of benzene rings is 2. The quantitative estimate of drug-likeness (QED) is 0.664. The Kier molecular flexibility index (Phi) is 5.56. The molecule has 0 fully saturated rings. The van der Waals surface area contributed by atoms with Crippen LogP contribution in [0.25, 0.3) is 16.6 Å². The van der Waals surface area contributed by atoms with Crippen LogP contribution in [-0.2, 0) is 0 Å². The molecule has 5 heteroatoms. The first kappa shape index (κ1) is 19.1. The summed E-state index contributed by atoms with van der Waals surface area (Å²) in [5.74, 6) is 0.528. The summed E-state index contributed by atoms with van der Waals surface area (Å²) in [5, 5.41) is 3.57. The molecule has 1 N–H and O–H groups in total. The number of aryl methyl sites for hydroxylation is 1. The minimum atomic E-state index is -0.106. The Bertz CT molecular complexity index is 1130. The number of aromatic nitrogens is 2. The highest BCUT2D eigenvalue weighted by Gasteiger charge is 2.11. The molecule has 1 aromatic heterocycles. The summed E-state index contributed by atoms with van der Waals surface area (Å²) >= 11 is 0. The highest BCUT2D eigenvalue weighted by molar-refractivity contribution is 5.94. The Labute approximate surface area is 170 Å². The zero-order valence-corrected chi connectivity index (χ0v) is 16.6. The second-order valence-corrected chi connectivity index (χ2v) is 7.48. The number of carbonyl (C=O) groups is 1. The van der Waals surface area contributed by atoms with Crippen molar-refractivity contribution in [2.75, 3.05) is 6.54 Å². The summed E-state index contributed by atoms with van der Waals surface area (Å²) in [4.78, 5) is 29.9. The van der Waals surface area contributed by atoms with Crippen molar-refractivity contribution in [1.82, 2.24) is 14.9 Å². The largest absolute Gasteiger partial charge is 0.352 e. The fraction of sp³-hybridized carbons (Fsp3) is 0.292. The van der Waals surface area contributed by atoms with E-state index in [4.69, 9.17) is 0 Å². The van der Waals surface area contributed by atoms with Crippen LogP contribution in [-0.4, -0.2) is 22.0 Å². The van der Waals surface area contributed by atoms with E-state index < -0.39 is 0 Å². The van der Waals surface area contributed by atoms with Crippen LogP contribution in [0.15, 0.2) is 65.0 Å². The van der Waals surface area contributed by atoms with Crippen LogP contribution >= 0.6 is 0 Å². The van der Waals surface area contributed by atoms with Crippen LogP contribution in [0.1, 0.15) is 48.3 Å². The van der Waals surface area contributed by atoms with Crippen LogP contribution in [0.5, 0.6) is 0 Å². The second-order valence-electron chi connectivity index (χ2n) is 7.48. The third-order valence-electron chi connectivity index (χ3n) is 5.45. The monoisotopic (exact) mass is 387 g/mol. The van der Waals surface area contributed by atoms with Gasteiger partial charge in [0.1, 0.15) is 5.82 Å². The lowest BCUT2D eigenvalue weighted by Gasteiger charge is -2.13. The predicted molar refractivity (Wildman–Crippen MR) is 116 cm³/mol. The fourth-order valence-electron chi connectivity index (χ4n) is 3.88. The Morgan fingerprint density at radius 3 is 2.66 bits per heavy atom. The van der Waals surface area contributed by atoms with Gasteiger partial charge in [0.25, 0.3) is 11.5 Å². The maximum atomic E-state index is 12.9. The molecular weight excluding hydrogens is 362 g/mol. The van der Waals surface area contributed by atoms with Crippen molar-refractivity contribution in [3.05, 3.63) is 81.9 Å². The Hall–Kier alpha value is -3.21. The molecule has 3 aromatic rings. The number of hydrogen-bond donors (Lipinski definition) is 1. The molecule has 1 aliphatic rings.